The Hall–Kier alpha value is -1.42. The number of carbonyl (C=O) groups is 1. The third kappa shape index (κ3) is 3.86. The predicted molar refractivity (Wildman–Crippen MR) is 85.3 cm³/mol. The van der Waals surface area contributed by atoms with E-state index in [0.717, 1.165) is 12.6 Å². The molecular weight excluding hydrogens is 279 g/mol. The first-order chi connectivity index (χ1) is 10.7. The summed E-state index contributed by atoms with van der Waals surface area (Å²) < 4.78 is 12.9. The van der Waals surface area contributed by atoms with E-state index in [1.807, 2.05) is 0 Å². The molecule has 1 saturated carbocycles. The molecule has 1 aromatic rings. The Morgan fingerprint density at radius 1 is 1.09 bits per heavy atom. The Labute approximate surface area is 131 Å². The van der Waals surface area contributed by atoms with E-state index in [-0.39, 0.29) is 11.7 Å². The molecule has 1 heterocycles. The van der Waals surface area contributed by atoms with Crippen molar-refractivity contribution in [2.45, 2.75) is 44.6 Å². The molecule has 22 heavy (non-hydrogen) atoms. The van der Waals surface area contributed by atoms with Crippen LogP contribution in [0.25, 0.3) is 0 Å². The Morgan fingerprint density at radius 2 is 1.73 bits per heavy atom. The summed E-state index contributed by atoms with van der Waals surface area (Å²) in [5, 5.41) is 2.99. The number of benzene rings is 1. The smallest absolute Gasteiger partial charge is 0.251 e. The van der Waals surface area contributed by atoms with Crippen LogP contribution >= 0.6 is 0 Å². The lowest BCUT2D eigenvalue weighted by Crippen LogP contribution is -2.42. The Morgan fingerprint density at radius 3 is 2.36 bits per heavy atom. The van der Waals surface area contributed by atoms with Gasteiger partial charge in [0.25, 0.3) is 5.91 Å². The second-order valence-corrected chi connectivity index (χ2v) is 6.63. The zero-order chi connectivity index (χ0) is 15.4. The van der Waals surface area contributed by atoms with Crippen molar-refractivity contribution in [1.82, 2.24) is 10.2 Å². The maximum Gasteiger partial charge on any atom is 0.251 e. The summed E-state index contributed by atoms with van der Waals surface area (Å²) in [4.78, 5) is 14.7. The number of hydrogen-bond donors (Lipinski definition) is 1. The van der Waals surface area contributed by atoms with Gasteiger partial charge in [-0.1, -0.05) is 12.8 Å². The lowest BCUT2D eigenvalue weighted by Gasteiger charge is -2.36. The first-order valence-corrected chi connectivity index (χ1v) is 8.50. The molecule has 0 unspecified atom stereocenters. The first kappa shape index (κ1) is 15.5. The minimum atomic E-state index is -0.309. The van der Waals surface area contributed by atoms with Crippen molar-refractivity contribution >= 4 is 5.91 Å². The van der Waals surface area contributed by atoms with Gasteiger partial charge in [-0.2, -0.15) is 0 Å². The van der Waals surface area contributed by atoms with Crippen LogP contribution in [0.3, 0.4) is 0 Å². The molecule has 1 aromatic carbocycles. The quantitative estimate of drug-likeness (QED) is 0.926. The van der Waals surface area contributed by atoms with Crippen molar-refractivity contribution in [3.8, 4) is 0 Å². The number of hydrogen-bond acceptors (Lipinski definition) is 2. The van der Waals surface area contributed by atoms with Crippen molar-refractivity contribution in [2.75, 3.05) is 19.6 Å². The largest absolute Gasteiger partial charge is 0.352 e. The van der Waals surface area contributed by atoms with E-state index in [0.29, 0.717) is 11.5 Å². The monoisotopic (exact) mass is 304 g/mol. The highest BCUT2D eigenvalue weighted by Gasteiger charge is 2.27. The molecule has 0 atom stereocenters. The average Bonchev–Trinajstić information content (AvgIpc) is 3.08. The van der Waals surface area contributed by atoms with Crippen molar-refractivity contribution in [3.05, 3.63) is 35.6 Å². The lowest BCUT2D eigenvalue weighted by molar-refractivity contribution is 0.0924. The molecular formula is C18H25FN2O. The molecule has 0 radical (unpaired) electrons. The number of carbonyl (C=O) groups excluding carboxylic acids is 1. The van der Waals surface area contributed by atoms with E-state index < -0.39 is 0 Å². The molecule has 1 amide bonds. The van der Waals surface area contributed by atoms with Crippen molar-refractivity contribution < 1.29 is 9.18 Å². The molecule has 2 fully saturated rings. The van der Waals surface area contributed by atoms with Gasteiger partial charge in [0.2, 0.25) is 0 Å². The molecule has 120 valence electrons. The van der Waals surface area contributed by atoms with Crippen LogP contribution in [-0.4, -0.2) is 36.5 Å². The average molecular weight is 304 g/mol. The highest BCUT2D eigenvalue weighted by Crippen LogP contribution is 2.27. The maximum absolute atomic E-state index is 12.9. The predicted octanol–water partition coefficient (Wildman–Crippen LogP) is 3.21. The summed E-state index contributed by atoms with van der Waals surface area (Å²) in [6, 6.07) is 6.54. The van der Waals surface area contributed by atoms with E-state index in [1.54, 1.807) is 0 Å². The van der Waals surface area contributed by atoms with Gasteiger partial charge >= 0.3 is 0 Å². The maximum atomic E-state index is 12.9. The van der Waals surface area contributed by atoms with E-state index in [1.165, 1.54) is 75.9 Å². The SMILES string of the molecule is O=C(NCC1CCN(C2CCCC2)CC1)c1ccc(F)cc1. The van der Waals surface area contributed by atoms with Crippen LogP contribution in [0, 0.1) is 11.7 Å². The normalized spacial score (nSPS) is 21.1. The highest BCUT2D eigenvalue weighted by molar-refractivity contribution is 5.94. The first-order valence-electron chi connectivity index (χ1n) is 8.50. The van der Waals surface area contributed by atoms with Crippen molar-refractivity contribution in [1.29, 1.82) is 0 Å². The number of halogens is 1. The highest BCUT2D eigenvalue weighted by atomic mass is 19.1. The molecule has 0 spiro atoms. The number of amides is 1. The fourth-order valence-corrected chi connectivity index (χ4v) is 3.73. The van der Waals surface area contributed by atoms with Gasteiger partial charge in [0.1, 0.15) is 5.82 Å². The lowest BCUT2D eigenvalue weighted by atomic mass is 9.95. The van der Waals surface area contributed by atoms with E-state index >= 15 is 0 Å². The number of nitrogens with zero attached hydrogens (tertiary/aromatic N) is 1. The Balaban J connectivity index is 1.41. The topological polar surface area (TPSA) is 32.3 Å². The molecule has 1 saturated heterocycles. The molecule has 1 aliphatic heterocycles. The van der Waals surface area contributed by atoms with Crippen molar-refractivity contribution in [2.24, 2.45) is 5.92 Å². The molecule has 0 bridgehead atoms. The number of rotatable bonds is 4. The van der Waals surface area contributed by atoms with Crippen molar-refractivity contribution in [3.63, 3.8) is 0 Å². The Bertz CT molecular complexity index is 488. The van der Waals surface area contributed by atoms with Crippen LogP contribution in [0.15, 0.2) is 24.3 Å². The van der Waals surface area contributed by atoms with E-state index in [2.05, 4.69) is 10.2 Å². The third-order valence-electron chi connectivity index (χ3n) is 5.15. The van der Waals surface area contributed by atoms with Crippen LogP contribution < -0.4 is 5.32 Å². The van der Waals surface area contributed by atoms with Gasteiger partial charge in [-0.05, 0) is 69.0 Å². The summed E-state index contributed by atoms with van der Waals surface area (Å²) in [6.07, 6.45) is 7.84. The molecule has 3 nitrogen and oxygen atoms in total. The second kappa shape index (κ2) is 7.23. The van der Waals surface area contributed by atoms with Crippen LogP contribution in [0.1, 0.15) is 48.9 Å². The fraction of sp³-hybridized carbons (Fsp3) is 0.611. The van der Waals surface area contributed by atoms with Gasteiger partial charge in [-0.3, -0.25) is 4.79 Å². The van der Waals surface area contributed by atoms with Gasteiger partial charge in [0.05, 0.1) is 0 Å². The number of likely N-dealkylation sites (tertiary alicyclic amines) is 1. The fourth-order valence-electron chi connectivity index (χ4n) is 3.73. The summed E-state index contributed by atoms with van der Waals surface area (Å²) in [5.74, 6) is 0.163. The standard InChI is InChI=1S/C18H25FN2O/c19-16-7-5-15(6-8-16)18(22)20-13-14-9-11-21(12-10-14)17-3-1-2-4-17/h5-8,14,17H,1-4,9-13H2,(H,20,22). The summed E-state index contributed by atoms with van der Waals surface area (Å²) >= 11 is 0. The zero-order valence-corrected chi connectivity index (χ0v) is 13.1. The molecule has 1 aliphatic carbocycles. The minimum Gasteiger partial charge on any atom is -0.352 e. The van der Waals surface area contributed by atoms with E-state index in [4.69, 9.17) is 0 Å². The van der Waals surface area contributed by atoms with E-state index in [9.17, 15) is 9.18 Å². The summed E-state index contributed by atoms with van der Waals surface area (Å²) in [6.45, 7) is 3.07. The van der Waals surface area contributed by atoms with Gasteiger partial charge in [0, 0.05) is 18.2 Å². The minimum absolute atomic E-state index is 0.0989. The number of piperidine rings is 1. The van der Waals surface area contributed by atoms with Crippen LogP contribution in [0.2, 0.25) is 0 Å². The summed E-state index contributed by atoms with van der Waals surface area (Å²) in [5.41, 5.74) is 0.532. The van der Waals surface area contributed by atoms with Crippen LogP contribution in [0.4, 0.5) is 4.39 Å². The molecule has 3 rings (SSSR count). The second-order valence-electron chi connectivity index (χ2n) is 6.63. The molecule has 1 N–H and O–H groups in total. The van der Waals surface area contributed by atoms with Crippen LogP contribution in [0.5, 0.6) is 0 Å². The van der Waals surface area contributed by atoms with Gasteiger partial charge in [0.15, 0.2) is 0 Å². The van der Waals surface area contributed by atoms with Gasteiger partial charge in [-0.25, -0.2) is 4.39 Å². The van der Waals surface area contributed by atoms with Gasteiger partial charge in [-0.15, -0.1) is 0 Å². The Kier molecular flexibility index (Phi) is 5.08. The number of nitrogens with one attached hydrogen (secondary N) is 1. The zero-order valence-electron chi connectivity index (χ0n) is 13.1. The molecule has 0 aromatic heterocycles. The third-order valence-corrected chi connectivity index (χ3v) is 5.15. The molecule has 4 heteroatoms. The van der Waals surface area contributed by atoms with Gasteiger partial charge < -0.3 is 10.2 Å². The molecule has 2 aliphatic rings. The summed E-state index contributed by atoms with van der Waals surface area (Å²) in [7, 11) is 0. The van der Waals surface area contributed by atoms with Crippen LogP contribution in [-0.2, 0) is 0 Å².